The predicted octanol–water partition coefficient (Wildman–Crippen LogP) is 15.5. The number of hydrogen-bond donors (Lipinski definition) is 0. The molecule has 0 unspecified atom stereocenters. The summed E-state index contributed by atoms with van der Waals surface area (Å²) in [7, 11) is 0. The van der Waals surface area contributed by atoms with Crippen molar-refractivity contribution in [3.8, 4) is 33.4 Å². The molecule has 0 aliphatic rings. The molecule has 0 aliphatic carbocycles. The average Bonchev–Trinajstić information content (AvgIpc) is 3.66. The van der Waals surface area contributed by atoms with Gasteiger partial charge in [0.2, 0.25) is 0 Å². The maximum atomic E-state index is 6.38. The fraction of sp³-hybridized carbons (Fsp3) is 0. The molecule has 0 N–H and O–H groups in total. The monoisotopic (exact) mass is 713 g/mol. The van der Waals surface area contributed by atoms with E-state index in [2.05, 4.69) is 205 Å². The molecular formula is C54H35NO. The van der Waals surface area contributed by atoms with Crippen molar-refractivity contribution in [2.45, 2.75) is 0 Å². The summed E-state index contributed by atoms with van der Waals surface area (Å²) in [6, 6.07) is 76.4. The zero-order valence-corrected chi connectivity index (χ0v) is 30.6. The van der Waals surface area contributed by atoms with Crippen LogP contribution in [-0.2, 0) is 0 Å². The van der Waals surface area contributed by atoms with E-state index in [1.54, 1.807) is 0 Å². The Morgan fingerprint density at radius 2 is 0.768 bits per heavy atom. The van der Waals surface area contributed by atoms with Crippen molar-refractivity contribution in [1.82, 2.24) is 0 Å². The summed E-state index contributed by atoms with van der Waals surface area (Å²) < 4.78 is 6.38. The van der Waals surface area contributed by atoms with Crippen LogP contribution in [0.3, 0.4) is 0 Å². The summed E-state index contributed by atoms with van der Waals surface area (Å²) >= 11 is 0. The summed E-state index contributed by atoms with van der Waals surface area (Å²) in [5.74, 6) is 0. The second-order valence-electron chi connectivity index (χ2n) is 14.5. The van der Waals surface area contributed by atoms with Crippen LogP contribution in [0.5, 0.6) is 0 Å². The highest BCUT2D eigenvalue weighted by Crippen LogP contribution is 2.44. The number of furan rings is 1. The third kappa shape index (κ3) is 5.34. The normalized spacial score (nSPS) is 11.6. The molecule has 0 atom stereocenters. The van der Waals surface area contributed by atoms with Gasteiger partial charge in [-0.2, -0.15) is 0 Å². The Hall–Kier alpha value is -7.42. The highest BCUT2D eigenvalue weighted by atomic mass is 16.3. The van der Waals surface area contributed by atoms with Gasteiger partial charge in [-0.25, -0.2) is 0 Å². The molecule has 0 radical (unpaired) electrons. The highest BCUT2D eigenvalue weighted by Gasteiger charge is 2.20. The van der Waals surface area contributed by atoms with Gasteiger partial charge in [0.05, 0.1) is 11.1 Å². The van der Waals surface area contributed by atoms with Crippen molar-refractivity contribution < 1.29 is 4.42 Å². The molecule has 2 nitrogen and oxygen atoms in total. The van der Waals surface area contributed by atoms with E-state index >= 15 is 0 Å². The first kappa shape index (κ1) is 32.0. The van der Waals surface area contributed by atoms with Crippen molar-refractivity contribution in [2.24, 2.45) is 0 Å². The predicted molar refractivity (Wildman–Crippen MR) is 237 cm³/mol. The summed E-state index contributed by atoms with van der Waals surface area (Å²) in [5.41, 5.74) is 12.2. The molecule has 56 heavy (non-hydrogen) atoms. The molecule has 0 bridgehead atoms. The summed E-state index contributed by atoms with van der Waals surface area (Å²) in [5, 5.41) is 9.79. The molecule has 10 aromatic carbocycles. The quantitative estimate of drug-likeness (QED) is 0.160. The zero-order valence-electron chi connectivity index (χ0n) is 30.6. The first-order valence-electron chi connectivity index (χ1n) is 19.2. The van der Waals surface area contributed by atoms with Crippen LogP contribution in [0.1, 0.15) is 0 Å². The third-order valence-electron chi connectivity index (χ3n) is 11.3. The van der Waals surface area contributed by atoms with Crippen molar-refractivity contribution >= 4 is 71.3 Å². The van der Waals surface area contributed by atoms with E-state index < -0.39 is 0 Å². The maximum Gasteiger partial charge on any atom is 0.137 e. The minimum Gasteiger partial charge on any atom is -0.456 e. The van der Waals surface area contributed by atoms with Gasteiger partial charge in [0, 0.05) is 16.8 Å². The number of hydrogen-bond acceptors (Lipinski definition) is 2. The number of rotatable bonds is 6. The van der Waals surface area contributed by atoms with Crippen LogP contribution in [0.2, 0.25) is 0 Å². The van der Waals surface area contributed by atoms with Crippen LogP contribution in [0.4, 0.5) is 17.1 Å². The molecule has 0 fully saturated rings. The van der Waals surface area contributed by atoms with Gasteiger partial charge in [-0.15, -0.1) is 0 Å². The Morgan fingerprint density at radius 3 is 1.50 bits per heavy atom. The molecule has 0 saturated carbocycles. The van der Waals surface area contributed by atoms with Gasteiger partial charge in [0.25, 0.3) is 0 Å². The molecule has 0 spiro atoms. The number of benzene rings is 10. The molecule has 0 aliphatic heterocycles. The van der Waals surface area contributed by atoms with Crippen molar-refractivity contribution in [1.29, 1.82) is 0 Å². The van der Waals surface area contributed by atoms with E-state index in [9.17, 15) is 0 Å². The topological polar surface area (TPSA) is 16.4 Å². The van der Waals surface area contributed by atoms with Crippen molar-refractivity contribution in [3.63, 3.8) is 0 Å². The van der Waals surface area contributed by atoms with Gasteiger partial charge < -0.3 is 9.32 Å². The van der Waals surface area contributed by atoms with E-state index in [0.29, 0.717) is 0 Å². The van der Waals surface area contributed by atoms with Crippen LogP contribution in [0.15, 0.2) is 217 Å². The average molecular weight is 714 g/mol. The van der Waals surface area contributed by atoms with Gasteiger partial charge in [-0.1, -0.05) is 170 Å². The summed E-state index contributed by atoms with van der Waals surface area (Å²) in [4.78, 5) is 2.36. The number of anilines is 3. The van der Waals surface area contributed by atoms with Gasteiger partial charge in [0.15, 0.2) is 0 Å². The van der Waals surface area contributed by atoms with E-state index in [0.717, 1.165) is 39.0 Å². The molecule has 0 saturated heterocycles. The molecular weight excluding hydrogens is 679 g/mol. The third-order valence-corrected chi connectivity index (χ3v) is 11.3. The van der Waals surface area contributed by atoms with E-state index in [1.165, 1.54) is 65.7 Å². The molecule has 0 amide bonds. The smallest absolute Gasteiger partial charge is 0.137 e. The van der Waals surface area contributed by atoms with E-state index in [-0.39, 0.29) is 0 Å². The lowest BCUT2D eigenvalue weighted by Gasteiger charge is -2.26. The zero-order chi connectivity index (χ0) is 37.0. The minimum absolute atomic E-state index is 0.871. The number of fused-ring (bicyclic) bond motifs is 7. The second-order valence-corrected chi connectivity index (χ2v) is 14.5. The summed E-state index contributed by atoms with van der Waals surface area (Å²) in [6.07, 6.45) is 0. The first-order valence-corrected chi connectivity index (χ1v) is 19.2. The number of para-hydroxylation sites is 1. The van der Waals surface area contributed by atoms with Crippen LogP contribution < -0.4 is 4.90 Å². The molecule has 1 heterocycles. The van der Waals surface area contributed by atoms with Crippen LogP contribution in [0, 0.1) is 0 Å². The maximum absolute atomic E-state index is 6.38. The van der Waals surface area contributed by atoms with Crippen molar-refractivity contribution in [2.75, 3.05) is 4.90 Å². The summed E-state index contributed by atoms with van der Waals surface area (Å²) in [6.45, 7) is 0. The lowest BCUT2D eigenvalue weighted by atomic mass is 9.94. The van der Waals surface area contributed by atoms with E-state index in [4.69, 9.17) is 4.42 Å². The highest BCUT2D eigenvalue weighted by molar-refractivity contribution is 6.14. The Labute approximate surface area is 325 Å². The van der Waals surface area contributed by atoms with Gasteiger partial charge in [-0.3, -0.25) is 0 Å². The lowest BCUT2D eigenvalue weighted by molar-refractivity contribution is 0.669. The van der Waals surface area contributed by atoms with Gasteiger partial charge in [-0.05, 0) is 108 Å². The SMILES string of the molecule is c1ccc2c(-c3ccc(-c4ccc(N(c5ccc(-c6cccc7c6ccc6ccccc67)cc5)c5cccc6oc7ccccc7c56)cc4)cc3)cccc2c1. The Bertz CT molecular complexity index is 3220. The Balaban J connectivity index is 0.999. The number of nitrogens with zero attached hydrogens (tertiary/aromatic N) is 1. The first-order chi connectivity index (χ1) is 27.8. The van der Waals surface area contributed by atoms with Crippen LogP contribution in [-0.4, -0.2) is 0 Å². The van der Waals surface area contributed by atoms with Crippen LogP contribution in [0.25, 0.3) is 87.6 Å². The molecule has 11 rings (SSSR count). The Kier molecular flexibility index (Phi) is 7.53. The minimum atomic E-state index is 0.871. The fourth-order valence-corrected chi connectivity index (χ4v) is 8.57. The second kappa shape index (κ2) is 13.2. The standard InChI is InChI=1S/C54H35NO/c1-3-13-44-38(10-1)12-7-16-45(44)40-24-22-36(23-25-40)37-26-31-42(32-27-37)55(51-19-9-21-53-54(51)50-15-5-6-20-52(50)56-53)43-33-28-41(29-34-43)47-17-8-18-48-46-14-4-2-11-39(46)30-35-49(47)48/h1-35H. The molecule has 1 aromatic heterocycles. The van der Waals surface area contributed by atoms with E-state index in [1.807, 2.05) is 12.1 Å². The lowest BCUT2D eigenvalue weighted by Crippen LogP contribution is -2.10. The molecule has 2 heteroatoms. The van der Waals surface area contributed by atoms with Gasteiger partial charge in [0.1, 0.15) is 11.2 Å². The van der Waals surface area contributed by atoms with Crippen LogP contribution >= 0.6 is 0 Å². The molecule has 262 valence electrons. The van der Waals surface area contributed by atoms with Crippen molar-refractivity contribution in [3.05, 3.63) is 212 Å². The largest absolute Gasteiger partial charge is 0.456 e. The molecule has 11 aromatic rings. The Morgan fingerprint density at radius 1 is 0.286 bits per heavy atom. The fourth-order valence-electron chi connectivity index (χ4n) is 8.57. The van der Waals surface area contributed by atoms with Gasteiger partial charge >= 0.3 is 0 Å².